The van der Waals surface area contributed by atoms with E-state index in [0.29, 0.717) is 28.6 Å². The molecule has 0 saturated heterocycles. The molecule has 1 rings (SSSR count). The number of carbonyl (C=O) groups is 1. The Bertz CT molecular complexity index is 446. The van der Waals surface area contributed by atoms with Crippen LogP contribution in [0.2, 0.25) is 10.0 Å². The standard InChI is InChI=1S/C14H20Cl2N2O2/c1-9(4-14(20)18(2)3)17-8-13(19)10-5-11(15)7-12(16)6-10/h5-7,9,13,17,19H,4,8H2,1-3H3. The molecule has 2 N–H and O–H groups in total. The van der Waals surface area contributed by atoms with Crippen LogP contribution in [-0.2, 0) is 4.79 Å². The van der Waals surface area contributed by atoms with E-state index in [1.165, 1.54) is 0 Å². The number of hydrogen-bond donors (Lipinski definition) is 2. The monoisotopic (exact) mass is 318 g/mol. The normalized spacial score (nSPS) is 13.9. The lowest BCUT2D eigenvalue weighted by Crippen LogP contribution is -2.35. The first kappa shape index (κ1) is 17.2. The number of nitrogens with one attached hydrogen (secondary N) is 1. The minimum absolute atomic E-state index is 0.0193. The molecule has 1 amide bonds. The first-order chi connectivity index (χ1) is 9.29. The van der Waals surface area contributed by atoms with E-state index in [1.807, 2.05) is 6.92 Å². The average molecular weight is 319 g/mol. The van der Waals surface area contributed by atoms with Gasteiger partial charge in [0.25, 0.3) is 0 Å². The maximum Gasteiger partial charge on any atom is 0.223 e. The number of aliphatic hydroxyl groups excluding tert-OH is 1. The van der Waals surface area contributed by atoms with Crippen molar-refractivity contribution in [1.82, 2.24) is 10.2 Å². The summed E-state index contributed by atoms with van der Waals surface area (Å²) in [4.78, 5) is 13.1. The molecule has 2 unspecified atom stereocenters. The molecule has 0 heterocycles. The Labute approximate surface area is 129 Å². The highest BCUT2D eigenvalue weighted by molar-refractivity contribution is 6.34. The Balaban J connectivity index is 2.50. The maximum absolute atomic E-state index is 11.5. The van der Waals surface area contributed by atoms with Crippen LogP contribution in [0.3, 0.4) is 0 Å². The molecule has 0 aliphatic carbocycles. The fraction of sp³-hybridized carbons (Fsp3) is 0.500. The molecule has 6 heteroatoms. The molecule has 1 aromatic carbocycles. The molecular formula is C14H20Cl2N2O2. The number of nitrogens with zero attached hydrogens (tertiary/aromatic N) is 1. The summed E-state index contributed by atoms with van der Waals surface area (Å²) in [6.45, 7) is 2.23. The fourth-order valence-corrected chi connectivity index (χ4v) is 2.26. The van der Waals surface area contributed by atoms with Crippen molar-refractivity contribution >= 4 is 29.1 Å². The largest absolute Gasteiger partial charge is 0.387 e. The van der Waals surface area contributed by atoms with Gasteiger partial charge >= 0.3 is 0 Å². The van der Waals surface area contributed by atoms with Crippen LogP contribution in [-0.4, -0.2) is 42.6 Å². The lowest BCUT2D eigenvalue weighted by molar-refractivity contribution is -0.129. The molecule has 0 aromatic heterocycles. The molecule has 112 valence electrons. The topological polar surface area (TPSA) is 52.6 Å². The van der Waals surface area contributed by atoms with Crippen molar-refractivity contribution < 1.29 is 9.90 Å². The second-order valence-electron chi connectivity index (χ2n) is 5.02. The van der Waals surface area contributed by atoms with Crippen molar-refractivity contribution in [2.75, 3.05) is 20.6 Å². The van der Waals surface area contributed by atoms with Crippen LogP contribution in [0.5, 0.6) is 0 Å². The molecule has 0 aliphatic rings. The van der Waals surface area contributed by atoms with E-state index in [1.54, 1.807) is 37.2 Å². The number of rotatable bonds is 6. The number of amides is 1. The third-order valence-electron chi connectivity index (χ3n) is 2.91. The van der Waals surface area contributed by atoms with Crippen molar-refractivity contribution in [3.63, 3.8) is 0 Å². The highest BCUT2D eigenvalue weighted by atomic mass is 35.5. The van der Waals surface area contributed by atoms with Gasteiger partial charge in [0.2, 0.25) is 5.91 Å². The van der Waals surface area contributed by atoms with Gasteiger partial charge < -0.3 is 15.3 Å². The lowest BCUT2D eigenvalue weighted by atomic mass is 10.1. The van der Waals surface area contributed by atoms with Crippen LogP contribution in [0.15, 0.2) is 18.2 Å². The molecule has 0 bridgehead atoms. The SMILES string of the molecule is CC(CC(=O)N(C)C)NCC(O)c1cc(Cl)cc(Cl)c1. The van der Waals surface area contributed by atoms with Gasteiger partial charge in [0.05, 0.1) is 6.10 Å². The van der Waals surface area contributed by atoms with Crippen molar-refractivity contribution in [2.24, 2.45) is 0 Å². The Kier molecular flexibility index (Phi) is 6.76. The molecule has 0 radical (unpaired) electrons. The Morgan fingerprint density at radius 3 is 2.35 bits per heavy atom. The minimum atomic E-state index is -0.719. The zero-order chi connectivity index (χ0) is 15.3. The molecule has 0 aliphatic heterocycles. The third kappa shape index (κ3) is 5.67. The zero-order valence-corrected chi connectivity index (χ0v) is 13.4. The Hall–Kier alpha value is -0.810. The molecular weight excluding hydrogens is 299 g/mol. The van der Waals surface area contributed by atoms with Crippen LogP contribution in [0, 0.1) is 0 Å². The van der Waals surface area contributed by atoms with E-state index in [0.717, 1.165) is 0 Å². The minimum Gasteiger partial charge on any atom is -0.387 e. The predicted octanol–water partition coefficient (Wildman–Crippen LogP) is 2.48. The fourth-order valence-electron chi connectivity index (χ4n) is 1.71. The van der Waals surface area contributed by atoms with Gasteiger partial charge in [0, 0.05) is 43.1 Å². The first-order valence-corrected chi connectivity index (χ1v) is 7.12. The summed E-state index contributed by atoms with van der Waals surface area (Å²) in [5.41, 5.74) is 0.654. The number of hydrogen-bond acceptors (Lipinski definition) is 3. The van der Waals surface area contributed by atoms with E-state index >= 15 is 0 Å². The number of carbonyl (C=O) groups excluding carboxylic acids is 1. The molecule has 0 fully saturated rings. The molecule has 0 spiro atoms. The van der Waals surface area contributed by atoms with Crippen molar-refractivity contribution in [3.05, 3.63) is 33.8 Å². The highest BCUT2D eigenvalue weighted by Crippen LogP contribution is 2.23. The Morgan fingerprint density at radius 1 is 1.30 bits per heavy atom. The van der Waals surface area contributed by atoms with Gasteiger partial charge in [-0.15, -0.1) is 0 Å². The van der Waals surface area contributed by atoms with Crippen LogP contribution in [0.4, 0.5) is 0 Å². The number of benzene rings is 1. The number of aliphatic hydroxyl groups is 1. The van der Waals surface area contributed by atoms with Crippen molar-refractivity contribution in [1.29, 1.82) is 0 Å². The summed E-state index contributed by atoms with van der Waals surface area (Å²) in [5, 5.41) is 14.2. The van der Waals surface area contributed by atoms with Gasteiger partial charge in [-0.2, -0.15) is 0 Å². The molecule has 0 saturated carbocycles. The zero-order valence-electron chi connectivity index (χ0n) is 11.9. The van der Waals surface area contributed by atoms with Crippen LogP contribution < -0.4 is 5.32 Å². The van der Waals surface area contributed by atoms with E-state index in [4.69, 9.17) is 23.2 Å². The van der Waals surface area contributed by atoms with E-state index < -0.39 is 6.10 Å². The number of halogens is 2. The molecule has 20 heavy (non-hydrogen) atoms. The second kappa shape index (κ2) is 7.84. The van der Waals surface area contributed by atoms with Crippen molar-refractivity contribution in [2.45, 2.75) is 25.5 Å². The van der Waals surface area contributed by atoms with E-state index in [2.05, 4.69) is 5.32 Å². The van der Waals surface area contributed by atoms with Gasteiger partial charge in [-0.1, -0.05) is 23.2 Å². The second-order valence-corrected chi connectivity index (χ2v) is 5.89. The van der Waals surface area contributed by atoms with Crippen LogP contribution >= 0.6 is 23.2 Å². The summed E-state index contributed by atoms with van der Waals surface area (Å²) in [5.74, 6) is 0.0466. The van der Waals surface area contributed by atoms with E-state index in [-0.39, 0.29) is 11.9 Å². The smallest absolute Gasteiger partial charge is 0.223 e. The van der Waals surface area contributed by atoms with Gasteiger partial charge in [-0.3, -0.25) is 4.79 Å². The molecule has 2 atom stereocenters. The average Bonchev–Trinajstić information content (AvgIpc) is 2.34. The maximum atomic E-state index is 11.5. The summed E-state index contributed by atoms with van der Waals surface area (Å²) in [6.07, 6.45) is -0.334. The molecule has 1 aromatic rings. The predicted molar refractivity (Wildman–Crippen MR) is 82.2 cm³/mol. The van der Waals surface area contributed by atoms with Gasteiger partial charge in [-0.05, 0) is 30.7 Å². The van der Waals surface area contributed by atoms with Crippen LogP contribution in [0.1, 0.15) is 25.0 Å². The Morgan fingerprint density at radius 2 is 1.85 bits per heavy atom. The highest BCUT2D eigenvalue weighted by Gasteiger charge is 2.14. The van der Waals surface area contributed by atoms with E-state index in [9.17, 15) is 9.90 Å². The van der Waals surface area contributed by atoms with Gasteiger partial charge in [-0.25, -0.2) is 0 Å². The summed E-state index contributed by atoms with van der Waals surface area (Å²) in [7, 11) is 3.44. The quantitative estimate of drug-likeness (QED) is 0.847. The summed E-state index contributed by atoms with van der Waals surface area (Å²) >= 11 is 11.8. The molecule has 4 nitrogen and oxygen atoms in total. The van der Waals surface area contributed by atoms with Crippen LogP contribution in [0.25, 0.3) is 0 Å². The third-order valence-corrected chi connectivity index (χ3v) is 3.35. The summed E-state index contributed by atoms with van der Waals surface area (Å²) in [6, 6.07) is 4.95. The lowest BCUT2D eigenvalue weighted by Gasteiger charge is -2.19. The first-order valence-electron chi connectivity index (χ1n) is 6.37. The van der Waals surface area contributed by atoms with Gasteiger partial charge in [0.1, 0.15) is 0 Å². The summed E-state index contributed by atoms with van der Waals surface area (Å²) < 4.78 is 0. The van der Waals surface area contributed by atoms with Gasteiger partial charge in [0.15, 0.2) is 0 Å². The van der Waals surface area contributed by atoms with Crippen molar-refractivity contribution in [3.8, 4) is 0 Å².